The minimum atomic E-state index is -3.16. The van der Waals surface area contributed by atoms with Crippen LogP contribution in [0.15, 0.2) is 30.3 Å². The number of nitrogens with one attached hydrogen (secondary N) is 1. The maximum absolute atomic E-state index is 12.5. The zero-order valence-electron chi connectivity index (χ0n) is 16.0. The highest BCUT2D eigenvalue weighted by atomic mass is 32.2. The summed E-state index contributed by atoms with van der Waals surface area (Å²) in [6.07, 6.45) is 3.76. The largest absolute Gasteiger partial charge is 0.355 e. The summed E-state index contributed by atoms with van der Waals surface area (Å²) in [5.41, 5.74) is 1.24. The summed E-state index contributed by atoms with van der Waals surface area (Å²) < 4.78 is 26.1. The second kappa shape index (κ2) is 10.1. The van der Waals surface area contributed by atoms with Gasteiger partial charge in [-0.25, -0.2) is 12.7 Å². The highest BCUT2D eigenvalue weighted by molar-refractivity contribution is 7.89. The summed E-state index contributed by atoms with van der Waals surface area (Å²) in [4.78, 5) is 12.5. The molecule has 0 spiro atoms. The fourth-order valence-electron chi connectivity index (χ4n) is 3.44. The molecule has 146 valence electrons. The van der Waals surface area contributed by atoms with Gasteiger partial charge in [-0.3, -0.25) is 4.79 Å². The highest BCUT2D eigenvalue weighted by Crippen LogP contribution is 2.22. The van der Waals surface area contributed by atoms with Crippen molar-refractivity contribution in [2.24, 2.45) is 5.92 Å². The monoisotopic (exact) mass is 380 g/mol. The van der Waals surface area contributed by atoms with E-state index in [4.69, 9.17) is 0 Å². The van der Waals surface area contributed by atoms with Gasteiger partial charge in [0, 0.05) is 31.5 Å². The predicted molar refractivity (Wildman–Crippen MR) is 105 cm³/mol. The quantitative estimate of drug-likeness (QED) is 0.716. The summed E-state index contributed by atoms with van der Waals surface area (Å²) in [5.74, 6) is 0.510. The summed E-state index contributed by atoms with van der Waals surface area (Å²) in [6.45, 7) is 5.67. The van der Waals surface area contributed by atoms with Crippen LogP contribution in [0, 0.1) is 5.92 Å². The van der Waals surface area contributed by atoms with Crippen molar-refractivity contribution in [1.82, 2.24) is 9.62 Å². The average molecular weight is 381 g/mol. The summed E-state index contributed by atoms with van der Waals surface area (Å²) in [5, 5.41) is 3.08. The summed E-state index contributed by atoms with van der Waals surface area (Å²) in [7, 11) is -3.16. The van der Waals surface area contributed by atoms with Gasteiger partial charge in [-0.15, -0.1) is 0 Å². The van der Waals surface area contributed by atoms with Crippen molar-refractivity contribution in [3.05, 3.63) is 35.9 Å². The van der Waals surface area contributed by atoms with Crippen LogP contribution in [0.25, 0.3) is 0 Å². The Kier molecular flexibility index (Phi) is 8.10. The summed E-state index contributed by atoms with van der Waals surface area (Å²) in [6, 6.07) is 10.2. The number of piperidine rings is 1. The van der Waals surface area contributed by atoms with E-state index in [1.54, 1.807) is 4.31 Å². The van der Waals surface area contributed by atoms with Gasteiger partial charge in [0.25, 0.3) is 0 Å². The average Bonchev–Trinajstić information content (AvgIpc) is 2.67. The lowest BCUT2D eigenvalue weighted by Crippen LogP contribution is -2.44. The first kappa shape index (κ1) is 20.9. The maximum atomic E-state index is 12.5. The Hall–Kier alpha value is -1.40. The third kappa shape index (κ3) is 5.81. The lowest BCUT2D eigenvalue weighted by Gasteiger charge is -2.31. The van der Waals surface area contributed by atoms with Crippen molar-refractivity contribution in [3.8, 4) is 0 Å². The van der Waals surface area contributed by atoms with Crippen LogP contribution < -0.4 is 5.32 Å². The fourth-order valence-corrected chi connectivity index (χ4v) is 5.12. The van der Waals surface area contributed by atoms with E-state index < -0.39 is 10.0 Å². The predicted octanol–water partition coefficient (Wildman–Crippen LogP) is 3.14. The summed E-state index contributed by atoms with van der Waals surface area (Å²) >= 11 is 0. The van der Waals surface area contributed by atoms with Crippen LogP contribution in [-0.2, 0) is 14.8 Å². The lowest BCUT2D eigenvalue weighted by molar-refractivity contribution is -0.126. The van der Waals surface area contributed by atoms with Gasteiger partial charge < -0.3 is 5.32 Å². The standard InChI is InChI=1S/C20H32N2O3S/c1-3-5-15-26(24,25)22-13-11-19(12-14-22)20(23)21-16-17(4-2)18-9-7-6-8-10-18/h6-10,17,19H,3-5,11-16H2,1-2H3,(H,21,23). The molecule has 0 aliphatic carbocycles. The molecule has 1 heterocycles. The third-order valence-electron chi connectivity index (χ3n) is 5.26. The molecule has 2 rings (SSSR count). The second-order valence-corrected chi connectivity index (χ2v) is 9.19. The Bertz CT molecular complexity index is 653. The Morgan fingerprint density at radius 1 is 1.19 bits per heavy atom. The molecule has 26 heavy (non-hydrogen) atoms. The van der Waals surface area contributed by atoms with Gasteiger partial charge in [-0.2, -0.15) is 0 Å². The van der Waals surface area contributed by atoms with Crippen LogP contribution in [0.4, 0.5) is 0 Å². The van der Waals surface area contributed by atoms with Crippen molar-refractivity contribution >= 4 is 15.9 Å². The van der Waals surface area contributed by atoms with Gasteiger partial charge in [0.05, 0.1) is 5.75 Å². The number of unbranched alkanes of at least 4 members (excludes halogenated alkanes) is 1. The molecule has 1 unspecified atom stereocenters. The minimum absolute atomic E-state index is 0.0602. The minimum Gasteiger partial charge on any atom is -0.355 e. The maximum Gasteiger partial charge on any atom is 0.223 e. The fraction of sp³-hybridized carbons (Fsp3) is 0.650. The molecular weight excluding hydrogens is 348 g/mol. The van der Waals surface area contributed by atoms with Crippen molar-refractivity contribution in [2.45, 2.75) is 51.9 Å². The molecule has 0 saturated carbocycles. The molecule has 0 aromatic heterocycles. The van der Waals surface area contributed by atoms with E-state index in [-0.39, 0.29) is 17.6 Å². The van der Waals surface area contributed by atoms with E-state index in [1.165, 1.54) is 5.56 Å². The first-order chi connectivity index (χ1) is 12.5. The van der Waals surface area contributed by atoms with Gasteiger partial charge >= 0.3 is 0 Å². The molecule has 1 N–H and O–H groups in total. The molecule has 1 saturated heterocycles. The van der Waals surface area contributed by atoms with Crippen LogP contribution in [0.3, 0.4) is 0 Å². The van der Waals surface area contributed by atoms with Crippen molar-refractivity contribution in [1.29, 1.82) is 0 Å². The van der Waals surface area contributed by atoms with Gasteiger partial charge in [0.2, 0.25) is 15.9 Å². The number of hydrogen-bond donors (Lipinski definition) is 1. The number of carbonyl (C=O) groups is 1. The highest BCUT2D eigenvalue weighted by Gasteiger charge is 2.30. The van der Waals surface area contributed by atoms with Gasteiger partial charge in [0.1, 0.15) is 0 Å². The molecular formula is C20H32N2O3S. The SMILES string of the molecule is CCCCS(=O)(=O)N1CCC(C(=O)NCC(CC)c2ccccc2)CC1. The van der Waals surface area contributed by atoms with E-state index in [1.807, 2.05) is 25.1 Å². The normalized spacial score (nSPS) is 17.8. The third-order valence-corrected chi connectivity index (χ3v) is 7.22. The Balaban J connectivity index is 1.81. The van der Waals surface area contributed by atoms with Gasteiger partial charge in [-0.1, -0.05) is 50.6 Å². The molecule has 1 atom stereocenters. The van der Waals surface area contributed by atoms with Crippen LogP contribution in [0.5, 0.6) is 0 Å². The second-order valence-electron chi connectivity index (χ2n) is 7.10. The lowest BCUT2D eigenvalue weighted by atomic mass is 9.94. The molecule has 1 fully saturated rings. The molecule has 1 aromatic carbocycles. The van der Waals surface area contributed by atoms with E-state index in [9.17, 15) is 13.2 Å². The molecule has 6 heteroatoms. The molecule has 1 aliphatic rings. The number of rotatable bonds is 9. The van der Waals surface area contributed by atoms with E-state index in [0.717, 1.165) is 12.8 Å². The molecule has 1 aliphatic heterocycles. The number of carbonyl (C=O) groups excluding carboxylic acids is 1. The van der Waals surface area contributed by atoms with Crippen LogP contribution in [0.1, 0.15) is 57.4 Å². The molecule has 0 bridgehead atoms. The first-order valence-electron chi connectivity index (χ1n) is 9.78. The van der Waals surface area contributed by atoms with Crippen LogP contribution in [0.2, 0.25) is 0 Å². The van der Waals surface area contributed by atoms with E-state index in [0.29, 0.717) is 44.8 Å². The molecule has 1 aromatic rings. The number of hydrogen-bond acceptors (Lipinski definition) is 3. The number of benzene rings is 1. The topological polar surface area (TPSA) is 66.5 Å². The van der Waals surface area contributed by atoms with Gasteiger partial charge in [0.15, 0.2) is 0 Å². The Morgan fingerprint density at radius 2 is 1.85 bits per heavy atom. The van der Waals surface area contributed by atoms with Crippen molar-refractivity contribution in [2.75, 3.05) is 25.4 Å². The first-order valence-corrected chi connectivity index (χ1v) is 11.4. The van der Waals surface area contributed by atoms with Crippen LogP contribution in [-0.4, -0.2) is 44.0 Å². The van der Waals surface area contributed by atoms with Gasteiger partial charge in [-0.05, 0) is 31.2 Å². The zero-order valence-corrected chi connectivity index (χ0v) is 16.8. The number of amides is 1. The Morgan fingerprint density at radius 3 is 2.42 bits per heavy atom. The molecule has 0 radical (unpaired) electrons. The Labute approximate surface area is 158 Å². The zero-order chi connectivity index (χ0) is 19.0. The smallest absolute Gasteiger partial charge is 0.223 e. The van der Waals surface area contributed by atoms with E-state index >= 15 is 0 Å². The molecule has 5 nitrogen and oxygen atoms in total. The van der Waals surface area contributed by atoms with Crippen molar-refractivity contribution in [3.63, 3.8) is 0 Å². The van der Waals surface area contributed by atoms with Crippen molar-refractivity contribution < 1.29 is 13.2 Å². The number of nitrogens with zero attached hydrogens (tertiary/aromatic N) is 1. The number of sulfonamides is 1. The molecule has 1 amide bonds. The van der Waals surface area contributed by atoms with Crippen LogP contribution >= 0.6 is 0 Å². The van der Waals surface area contributed by atoms with E-state index in [2.05, 4.69) is 24.4 Å².